The molecule has 3 heteroatoms. The lowest BCUT2D eigenvalue weighted by molar-refractivity contribution is 0.318. The van der Waals surface area contributed by atoms with Crippen LogP contribution in [0.3, 0.4) is 0 Å². The minimum atomic E-state index is -1.49. The van der Waals surface area contributed by atoms with Crippen LogP contribution in [0.2, 0.25) is 0 Å². The van der Waals surface area contributed by atoms with Gasteiger partial charge in [-0.2, -0.15) is 0 Å². The van der Waals surface area contributed by atoms with Crippen LogP contribution < -0.4 is 0 Å². The summed E-state index contributed by atoms with van der Waals surface area (Å²) in [6.07, 6.45) is 5.37. The van der Waals surface area contributed by atoms with Crippen molar-refractivity contribution in [2.24, 2.45) is 5.92 Å². The molecule has 1 aromatic rings. The fourth-order valence-corrected chi connectivity index (χ4v) is 2.66. The molecule has 0 N–H and O–H groups in total. The predicted molar refractivity (Wildman–Crippen MR) is 77.0 cm³/mol. The van der Waals surface area contributed by atoms with Crippen molar-refractivity contribution in [1.29, 1.82) is 0 Å². The van der Waals surface area contributed by atoms with E-state index in [-0.39, 0.29) is 0 Å². The fourth-order valence-electron chi connectivity index (χ4n) is 1.76. The lowest BCUT2D eigenvalue weighted by Gasteiger charge is -2.01. The van der Waals surface area contributed by atoms with Gasteiger partial charge in [0.25, 0.3) is 0 Å². The molecule has 0 aliphatic rings. The van der Waals surface area contributed by atoms with Gasteiger partial charge in [0.1, 0.15) is 6.61 Å². The molecule has 0 aliphatic heterocycles. The summed E-state index contributed by atoms with van der Waals surface area (Å²) in [7, 11) is -1.49. The lowest BCUT2D eigenvalue weighted by Crippen LogP contribution is -1.90. The van der Waals surface area contributed by atoms with E-state index in [1.54, 1.807) is 0 Å². The monoisotopic (exact) mass is 267 g/mol. The summed E-state index contributed by atoms with van der Waals surface area (Å²) in [6, 6.07) is 9.89. The molecule has 0 aromatic heterocycles. The number of hydrogen-bond donors (Lipinski definition) is 0. The van der Waals surface area contributed by atoms with Crippen LogP contribution >= 0.6 is 8.03 Å². The summed E-state index contributed by atoms with van der Waals surface area (Å²) in [5, 5.41) is 0. The molecule has 18 heavy (non-hydrogen) atoms. The first-order valence-electron chi connectivity index (χ1n) is 6.80. The van der Waals surface area contributed by atoms with Crippen LogP contribution in [-0.4, -0.2) is 6.16 Å². The van der Waals surface area contributed by atoms with Gasteiger partial charge in [0, 0.05) is 0 Å². The molecule has 100 valence electrons. The van der Waals surface area contributed by atoms with Gasteiger partial charge in [-0.3, -0.25) is 0 Å². The Hall–Kier alpha value is -0.720. The Labute approximate surface area is 112 Å². The molecule has 0 bridgehead atoms. The third kappa shape index (κ3) is 7.58. The van der Waals surface area contributed by atoms with E-state index in [2.05, 4.69) is 13.8 Å². The highest BCUT2D eigenvalue weighted by Crippen LogP contribution is 2.26. The third-order valence-electron chi connectivity index (χ3n) is 2.84. The van der Waals surface area contributed by atoms with Crippen molar-refractivity contribution >= 4 is 8.03 Å². The van der Waals surface area contributed by atoms with Crippen molar-refractivity contribution < 1.29 is 9.09 Å². The van der Waals surface area contributed by atoms with E-state index >= 15 is 0 Å². The molecular formula is C15H24O2P+. The highest BCUT2D eigenvalue weighted by molar-refractivity contribution is 7.39. The number of unbranched alkanes of at least 4 members (excludes halogenated alkanes) is 2. The Bertz CT molecular complexity index is 336. The number of hydrogen-bond acceptors (Lipinski definition) is 2. The summed E-state index contributed by atoms with van der Waals surface area (Å²) >= 11 is 0. The first-order chi connectivity index (χ1) is 8.68. The van der Waals surface area contributed by atoms with Crippen LogP contribution in [0, 0.1) is 5.92 Å². The predicted octanol–water partition coefficient (Wildman–Crippen LogP) is 5.16. The Morgan fingerprint density at radius 2 is 1.83 bits per heavy atom. The van der Waals surface area contributed by atoms with E-state index in [4.69, 9.17) is 4.52 Å². The van der Waals surface area contributed by atoms with Crippen LogP contribution in [-0.2, 0) is 15.7 Å². The summed E-state index contributed by atoms with van der Waals surface area (Å²) in [4.78, 5) is 0. The van der Waals surface area contributed by atoms with Gasteiger partial charge >= 0.3 is 8.03 Å². The van der Waals surface area contributed by atoms with Crippen molar-refractivity contribution in [3.63, 3.8) is 0 Å². The van der Waals surface area contributed by atoms with Gasteiger partial charge in [-0.15, -0.1) is 4.52 Å². The second-order valence-electron chi connectivity index (χ2n) is 5.06. The van der Waals surface area contributed by atoms with Gasteiger partial charge in [0.05, 0.1) is 0 Å². The van der Waals surface area contributed by atoms with Crippen LogP contribution in [0.5, 0.6) is 0 Å². The minimum absolute atomic E-state index is 0.460. The first kappa shape index (κ1) is 15.3. The Morgan fingerprint density at radius 3 is 2.50 bits per heavy atom. The van der Waals surface area contributed by atoms with Crippen LogP contribution in [0.4, 0.5) is 0 Å². The fraction of sp³-hybridized carbons (Fsp3) is 0.600. The van der Waals surface area contributed by atoms with Gasteiger partial charge in [0.2, 0.25) is 0 Å². The maximum Gasteiger partial charge on any atom is 0.508 e. The molecule has 1 atom stereocenters. The van der Waals surface area contributed by atoms with Gasteiger partial charge < -0.3 is 0 Å². The number of rotatable bonds is 9. The van der Waals surface area contributed by atoms with Crippen molar-refractivity contribution in [3.05, 3.63) is 35.9 Å². The van der Waals surface area contributed by atoms with E-state index in [0.717, 1.165) is 24.3 Å². The van der Waals surface area contributed by atoms with Crippen LogP contribution in [0.1, 0.15) is 45.1 Å². The van der Waals surface area contributed by atoms with E-state index < -0.39 is 8.03 Å². The summed E-state index contributed by atoms with van der Waals surface area (Å²) < 4.78 is 17.0. The van der Waals surface area contributed by atoms with Crippen molar-refractivity contribution in [2.75, 3.05) is 6.16 Å². The molecule has 0 saturated heterocycles. The molecule has 0 radical (unpaired) electrons. The maximum atomic E-state index is 11.6. The second-order valence-corrected chi connectivity index (χ2v) is 6.43. The summed E-state index contributed by atoms with van der Waals surface area (Å²) in [6.45, 7) is 4.94. The highest BCUT2D eigenvalue weighted by Gasteiger charge is 2.16. The molecule has 2 nitrogen and oxygen atoms in total. The van der Waals surface area contributed by atoms with Crippen LogP contribution in [0.15, 0.2) is 30.3 Å². The summed E-state index contributed by atoms with van der Waals surface area (Å²) in [5.41, 5.74) is 1.08. The number of benzene rings is 1. The van der Waals surface area contributed by atoms with Crippen molar-refractivity contribution in [2.45, 2.75) is 46.1 Å². The normalized spacial score (nSPS) is 11.8. The molecule has 0 amide bonds. The van der Waals surface area contributed by atoms with E-state index in [0.29, 0.717) is 12.8 Å². The molecule has 1 unspecified atom stereocenters. The van der Waals surface area contributed by atoms with E-state index in [1.165, 1.54) is 12.8 Å². The SMILES string of the molecule is CC(C)CCCCC[P+](=O)OCc1ccccc1. The van der Waals surface area contributed by atoms with Crippen molar-refractivity contribution in [1.82, 2.24) is 0 Å². The molecule has 0 saturated carbocycles. The maximum absolute atomic E-state index is 11.6. The van der Waals surface area contributed by atoms with Gasteiger partial charge in [-0.25, -0.2) is 0 Å². The van der Waals surface area contributed by atoms with Gasteiger partial charge in [0.15, 0.2) is 6.16 Å². The van der Waals surface area contributed by atoms with Crippen molar-refractivity contribution in [3.8, 4) is 0 Å². The topological polar surface area (TPSA) is 26.3 Å². The smallest absolute Gasteiger partial charge is 0.141 e. The molecule has 1 rings (SSSR count). The average Bonchev–Trinajstić information content (AvgIpc) is 2.37. The summed E-state index contributed by atoms with van der Waals surface area (Å²) in [5.74, 6) is 0.771. The molecule has 0 spiro atoms. The highest BCUT2D eigenvalue weighted by atomic mass is 31.1. The molecular weight excluding hydrogens is 243 g/mol. The largest absolute Gasteiger partial charge is 0.508 e. The zero-order valence-electron chi connectivity index (χ0n) is 11.5. The van der Waals surface area contributed by atoms with E-state index in [1.807, 2.05) is 30.3 Å². The zero-order chi connectivity index (χ0) is 13.2. The lowest BCUT2D eigenvalue weighted by atomic mass is 10.1. The first-order valence-corrected chi connectivity index (χ1v) is 8.16. The molecule has 0 heterocycles. The molecule has 0 fully saturated rings. The standard InChI is InChI=1S/C15H24O2P/c1-14(2)9-5-4-8-12-18(16)17-13-15-10-6-3-7-11-15/h3,6-7,10-11,14H,4-5,8-9,12-13H2,1-2H3/q+1. The average molecular weight is 267 g/mol. The van der Waals surface area contributed by atoms with Gasteiger partial charge in [-0.05, 0) is 28.9 Å². The third-order valence-corrected chi connectivity index (χ3v) is 3.94. The molecule has 1 aromatic carbocycles. The quantitative estimate of drug-likeness (QED) is 0.456. The molecule has 0 aliphatic carbocycles. The Balaban J connectivity index is 2.04. The second kappa shape index (κ2) is 9.24. The van der Waals surface area contributed by atoms with Crippen LogP contribution in [0.25, 0.3) is 0 Å². The Kier molecular flexibility index (Phi) is 7.88. The Morgan fingerprint density at radius 1 is 1.11 bits per heavy atom. The van der Waals surface area contributed by atoms with Gasteiger partial charge in [-0.1, -0.05) is 57.0 Å². The minimum Gasteiger partial charge on any atom is -0.141 e. The van der Waals surface area contributed by atoms with E-state index in [9.17, 15) is 4.57 Å². The zero-order valence-corrected chi connectivity index (χ0v) is 12.4.